The van der Waals surface area contributed by atoms with Gasteiger partial charge < -0.3 is 19.7 Å². The maximum absolute atomic E-state index is 12.1. The zero-order valence-electron chi connectivity index (χ0n) is 16.0. The molecule has 25 heavy (non-hydrogen) atoms. The summed E-state index contributed by atoms with van der Waals surface area (Å²) in [5.74, 6) is 0.527. The molecule has 140 valence electrons. The maximum Gasteiger partial charge on any atom is 0.410 e. The Morgan fingerprint density at radius 2 is 2.04 bits per heavy atom. The van der Waals surface area contributed by atoms with Crippen molar-refractivity contribution in [1.29, 1.82) is 0 Å². The number of ether oxygens (including phenoxy) is 2. The fraction of sp³-hybridized carbons (Fsp3) is 0.650. The van der Waals surface area contributed by atoms with Crippen molar-refractivity contribution in [2.45, 2.75) is 45.3 Å². The van der Waals surface area contributed by atoms with Crippen molar-refractivity contribution in [3.05, 3.63) is 35.9 Å². The van der Waals surface area contributed by atoms with Gasteiger partial charge in [0.25, 0.3) is 0 Å². The topological polar surface area (TPSA) is 50.8 Å². The number of carbonyl (C=O) groups is 1. The van der Waals surface area contributed by atoms with Gasteiger partial charge >= 0.3 is 6.09 Å². The van der Waals surface area contributed by atoms with Gasteiger partial charge in [0.1, 0.15) is 5.60 Å². The number of rotatable bonds is 7. The lowest BCUT2D eigenvalue weighted by Gasteiger charge is -2.24. The van der Waals surface area contributed by atoms with Crippen LogP contribution in [0.5, 0.6) is 0 Å². The second-order valence-electron chi connectivity index (χ2n) is 7.74. The second-order valence-corrected chi connectivity index (χ2v) is 7.74. The Balaban J connectivity index is 1.75. The molecule has 0 aliphatic carbocycles. The van der Waals surface area contributed by atoms with Gasteiger partial charge in [-0.3, -0.25) is 0 Å². The molecule has 2 atom stereocenters. The van der Waals surface area contributed by atoms with Crippen LogP contribution in [0.15, 0.2) is 30.3 Å². The van der Waals surface area contributed by atoms with Crippen molar-refractivity contribution in [1.82, 2.24) is 10.2 Å². The molecule has 1 fully saturated rings. The van der Waals surface area contributed by atoms with Gasteiger partial charge in [-0.25, -0.2) is 4.79 Å². The number of nitrogens with one attached hydrogen (secondary N) is 1. The van der Waals surface area contributed by atoms with Crippen LogP contribution in [-0.4, -0.2) is 49.9 Å². The first kappa shape index (κ1) is 19.7. The first-order valence-electron chi connectivity index (χ1n) is 9.14. The molecule has 1 aromatic rings. The third-order valence-electron chi connectivity index (χ3n) is 4.42. The molecule has 1 saturated heterocycles. The Kier molecular flexibility index (Phi) is 7.26. The first-order valence-corrected chi connectivity index (χ1v) is 9.14. The predicted molar refractivity (Wildman–Crippen MR) is 99.6 cm³/mol. The van der Waals surface area contributed by atoms with E-state index in [0.717, 1.165) is 32.5 Å². The van der Waals surface area contributed by atoms with Crippen LogP contribution in [0.25, 0.3) is 0 Å². The number of methoxy groups -OCH3 is 1. The minimum absolute atomic E-state index is 0.190. The zero-order valence-corrected chi connectivity index (χ0v) is 16.0. The SMILES string of the molecule is COCC(NCCC1CCN(C(=O)OC(C)(C)C)C1)c1ccccc1. The molecule has 0 bridgehead atoms. The highest BCUT2D eigenvalue weighted by Gasteiger charge is 2.29. The molecule has 0 spiro atoms. The summed E-state index contributed by atoms with van der Waals surface area (Å²) in [5.41, 5.74) is 0.811. The van der Waals surface area contributed by atoms with Gasteiger partial charge in [0, 0.05) is 20.2 Å². The number of hydrogen-bond acceptors (Lipinski definition) is 4. The van der Waals surface area contributed by atoms with E-state index in [2.05, 4.69) is 29.6 Å². The van der Waals surface area contributed by atoms with Crippen molar-refractivity contribution in [2.24, 2.45) is 5.92 Å². The summed E-state index contributed by atoms with van der Waals surface area (Å²) >= 11 is 0. The standard InChI is InChI=1S/C20H32N2O3/c1-20(2,3)25-19(23)22-13-11-16(14-22)10-12-21-18(15-24-4)17-8-6-5-7-9-17/h5-9,16,18,21H,10-15H2,1-4H3. The average molecular weight is 348 g/mol. The lowest BCUT2D eigenvalue weighted by Crippen LogP contribution is -2.35. The lowest BCUT2D eigenvalue weighted by atomic mass is 10.0. The number of likely N-dealkylation sites (tertiary alicyclic amines) is 1. The number of hydrogen-bond donors (Lipinski definition) is 1. The van der Waals surface area contributed by atoms with E-state index in [0.29, 0.717) is 12.5 Å². The molecule has 0 aromatic heterocycles. The molecule has 1 N–H and O–H groups in total. The summed E-state index contributed by atoms with van der Waals surface area (Å²) in [6, 6.07) is 10.6. The fourth-order valence-electron chi connectivity index (χ4n) is 3.15. The van der Waals surface area contributed by atoms with Crippen LogP contribution in [0, 0.1) is 5.92 Å². The van der Waals surface area contributed by atoms with Gasteiger partial charge in [0.2, 0.25) is 0 Å². The van der Waals surface area contributed by atoms with Crippen LogP contribution in [-0.2, 0) is 9.47 Å². The molecule has 1 amide bonds. The van der Waals surface area contributed by atoms with E-state index in [4.69, 9.17) is 9.47 Å². The molecule has 1 aliphatic rings. The Hall–Kier alpha value is -1.59. The van der Waals surface area contributed by atoms with Crippen molar-refractivity contribution in [3.8, 4) is 0 Å². The molecule has 1 heterocycles. The maximum atomic E-state index is 12.1. The van der Waals surface area contributed by atoms with Crippen molar-refractivity contribution in [2.75, 3.05) is 33.4 Å². The Morgan fingerprint density at radius 1 is 1.32 bits per heavy atom. The van der Waals surface area contributed by atoms with Crippen LogP contribution < -0.4 is 5.32 Å². The van der Waals surface area contributed by atoms with Crippen LogP contribution in [0.1, 0.15) is 45.2 Å². The Morgan fingerprint density at radius 3 is 2.68 bits per heavy atom. The van der Waals surface area contributed by atoms with E-state index in [1.54, 1.807) is 7.11 Å². The number of carbonyl (C=O) groups excluding carboxylic acids is 1. The van der Waals surface area contributed by atoms with Gasteiger partial charge in [0.15, 0.2) is 0 Å². The monoisotopic (exact) mass is 348 g/mol. The molecule has 1 aromatic carbocycles. The van der Waals surface area contributed by atoms with E-state index < -0.39 is 5.60 Å². The van der Waals surface area contributed by atoms with Gasteiger partial charge in [-0.15, -0.1) is 0 Å². The summed E-state index contributed by atoms with van der Waals surface area (Å²) in [6.45, 7) is 8.86. The molecule has 2 rings (SSSR count). The van der Waals surface area contributed by atoms with Gasteiger partial charge in [0.05, 0.1) is 12.6 Å². The van der Waals surface area contributed by atoms with Gasteiger partial charge in [-0.05, 0) is 51.6 Å². The number of nitrogens with zero attached hydrogens (tertiary/aromatic N) is 1. The van der Waals surface area contributed by atoms with Crippen LogP contribution in [0.2, 0.25) is 0 Å². The van der Waals surface area contributed by atoms with E-state index in [1.165, 1.54) is 5.56 Å². The minimum atomic E-state index is -0.431. The highest BCUT2D eigenvalue weighted by Crippen LogP contribution is 2.22. The first-order chi connectivity index (χ1) is 11.9. The summed E-state index contributed by atoms with van der Waals surface area (Å²) in [7, 11) is 1.73. The molecule has 0 saturated carbocycles. The number of benzene rings is 1. The Bertz CT molecular complexity index is 527. The highest BCUT2D eigenvalue weighted by atomic mass is 16.6. The summed E-state index contributed by atoms with van der Waals surface area (Å²) < 4.78 is 10.8. The predicted octanol–water partition coefficient (Wildman–Crippen LogP) is 3.61. The quantitative estimate of drug-likeness (QED) is 0.818. The zero-order chi connectivity index (χ0) is 18.3. The molecular formula is C20H32N2O3. The molecule has 1 aliphatic heterocycles. The summed E-state index contributed by atoms with van der Waals surface area (Å²) in [6.07, 6.45) is 1.90. The van der Waals surface area contributed by atoms with Crippen LogP contribution in [0.4, 0.5) is 4.79 Å². The normalized spacial score (nSPS) is 19.0. The van der Waals surface area contributed by atoms with Crippen LogP contribution in [0.3, 0.4) is 0 Å². The average Bonchev–Trinajstić information content (AvgIpc) is 3.02. The summed E-state index contributed by atoms with van der Waals surface area (Å²) in [4.78, 5) is 14.0. The van der Waals surface area contributed by atoms with Gasteiger partial charge in [-0.2, -0.15) is 0 Å². The van der Waals surface area contributed by atoms with Crippen molar-refractivity contribution in [3.63, 3.8) is 0 Å². The van der Waals surface area contributed by atoms with Crippen LogP contribution >= 0.6 is 0 Å². The smallest absolute Gasteiger partial charge is 0.410 e. The number of amides is 1. The molecule has 5 heteroatoms. The van der Waals surface area contributed by atoms with E-state index in [-0.39, 0.29) is 12.1 Å². The third-order valence-corrected chi connectivity index (χ3v) is 4.42. The third kappa shape index (κ3) is 6.67. The molecule has 2 unspecified atom stereocenters. The minimum Gasteiger partial charge on any atom is -0.444 e. The molecule has 0 radical (unpaired) electrons. The molecular weight excluding hydrogens is 316 g/mol. The summed E-state index contributed by atoms with van der Waals surface area (Å²) in [5, 5.41) is 3.59. The van der Waals surface area contributed by atoms with Gasteiger partial charge in [-0.1, -0.05) is 30.3 Å². The van der Waals surface area contributed by atoms with E-state index in [9.17, 15) is 4.79 Å². The van der Waals surface area contributed by atoms with E-state index in [1.807, 2.05) is 31.7 Å². The molecule has 5 nitrogen and oxygen atoms in total. The van der Waals surface area contributed by atoms with Crippen molar-refractivity contribution < 1.29 is 14.3 Å². The Labute approximate surface area is 151 Å². The highest BCUT2D eigenvalue weighted by molar-refractivity contribution is 5.68. The fourth-order valence-corrected chi connectivity index (χ4v) is 3.15. The van der Waals surface area contributed by atoms with E-state index >= 15 is 0 Å². The lowest BCUT2D eigenvalue weighted by molar-refractivity contribution is 0.0287. The largest absolute Gasteiger partial charge is 0.444 e. The second kappa shape index (κ2) is 9.20. The van der Waals surface area contributed by atoms with Crippen molar-refractivity contribution >= 4 is 6.09 Å².